The summed E-state index contributed by atoms with van der Waals surface area (Å²) in [6, 6.07) is 16.0. The number of rotatable bonds is 7. The van der Waals surface area contributed by atoms with E-state index in [1.165, 1.54) is 0 Å². The normalized spacial score (nSPS) is 23.7. The minimum Gasteiger partial charge on any atom is -0.392 e. The summed E-state index contributed by atoms with van der Waals surface area (Å²) < 4.78 is 14.8. The lowest BCUT2D eigenvalue weighted by Crippen LogP contribution is -2.38. The summed E-state index contributed by atoms with van der Waals surface area (Å²) >= 11 is 1.63. The molecule has 4 unspecified atom stereocenters. The van der Waals surface area contributed by atoms with Gasteiger partial charge >= 0.3 is 0 Å². The van der Waals surface area contributed by atoms with Crippen molar-refractivity contribution in [3.05, 3.63) is 77.1 Å². The number of aryl methyl sites for hydroxylation is 1. The van der Waals surface area contributed by atoms with Crippen LogP contribution in [0.4, 0.5) is 0 Å². The minimum absolute atomic E-state index is 0.0253. The average molecular weight is 441 g/mol. The highest BCUT2D eigenvalue weighted by Gasteiger charge is 2.38. The van der Waals surface area contributed by atoms with E-state index in [-0.39, 0.29) is 24.7 Å². The van der Waals surface area contributed by atoms with E-state index in [1.807, 2.05) is 60.1 Å². The number of nitrogens with two attached hydrogens (primary N) is 1. The number of ether oxygens (including phenoxy) is 2. The van der Waals surface area contributed by atoms with Crippen LogP contribution < -0.4 is 5.73 Å². The van der Waals surface area contributed by atoms with Gasteiger partial charge in [-0.2, -0.15) is 0 Å². The Balaban J connectivity index is 1.58. The number of thioether (sulfide) groups is 1. The Hall–Kier alpha value is -2.23. The van der Waals surface area contributed by atoms with Crippen LogP contribution in [0.5, 0.6) is 0 Å². The summed E-state index contributed by atoms with van der Waals surface area (Å²) in [5, 5.41) is 18.4. The Kier molecular flexibility index (Phi) is 7.04. The van der Waals surface area contributed by atoms with Crippen LogP contribution in [0, 0.1) is 5.92 Å². The Morgan fingerprint density at radius 3 is 2.32 bits per heavy atom. The number of hydrogen-bond donors (Lipinski definition) is 2. The number of aromatic nitrogens is 3. The van der Waals surface area contributed by atoms with Gasteiger partial charge in [0.1, 0.15) is 6.33 Å². The van der Waals surface area contributed by atoms with E-state index in [4.69, 9.17) is 15.2 Å². The van der Waals surface area contributed by atoms with Gasteiger partial charge in [0.15, 0.2) is 11.4 Å². The maximum Gasteiger partial charge on any atom is 0.190 e. The molecule has 2 aromatic carbocycles. The van der Waals surface area contributed by atoms with Gasteiger partial charge in [0.2, 0.25) is 0 Å². The van der Waals surface area contributed by atoms with Crippen LogP contribution in [0.1, 0.15) is 41.6 Å². The second kappa shape index (κ2) is 9.93. The first-order chi connectivity index (χ1) is 15.1. The molecule has 1 fully saturated rings. The molecule has 1 aliphatic rings. The standard InChI is InChI=1S/C23H28N4O3S/c1-15-20(13-31-23-26-25-14-27(23)2)29-22(19-9-3-16(11-24)4-10-19)30-21(15)18-7-5-17(12-28)6-8-18/h3-10,14-15,20-22,28H,11-13,24H2,1-2H3. The third-order valence-corrected chi connectivity index (χ3v) is 6.78. The predicted molar refractivity (Wildman–Crippen MR) is 119 cm³/mol. The zero-order chi connectivity index (χ0) is 21.8. The number of aliphatic hydroxyl groups excluding tert-OH is 1. The van der Waals surface area contributed by atoms with Crippen LogP contribution in [0.3, 0.4) is 0 Å². The van der Waals surface area contributed by atoms with Crippen molar-refractivity contribution in [2.75, 3.05) is 5.75 Å². The summed E-state index contributed by atoms with van der Waals surface area (Å²) in [6.45, 7) is 2.68. The van der Waals surface area contributed by atoms with E-state index in [9.17, 15) is 5.11 Å². The van der Waals surface area contributed by atoms with Gasteiger partial charge in [0.05, 0.1) is 18.8 Å². The Morgan fingerprint density at radius 2 is 1.71 bits per heavy atom. The summed E-state index contributed by atoms with van der Waals surface area (Å²) in [7, 11) is 1.93. The SMILES string of the molecule is CC1C(CSc2nncn2C)OC(c2ccc(CN)cc2)OC1c1ccc(CO)cc1. The molecule has 0 radical (unpaired) electrons. The van der Waals surface area contributed by atoms with Crippen molar-refractivity contribution in [3.8, 4) is 0 Å². The molecule has 8 heteroatoms. The van der Waals surface area contributed by atoms with E-state index in [2.05, 4.69) is 17.1 Å². The first-order valence-electron chi connectivity index (χ1n) is 10.4. The third-order valence-electron chi connectivity index (χ3n) is 5.66. The van der Waals surface area contributed by atoms with E-state index in [0.29, 0.717) is 6.54 Å². The lowest BCUT2D eigenvalue weighted by Gasteiger charge is -2.41. The minimum atomic E-state index is -0.476. The quantitative estimate of drug-likeness (QED) is 0.544. The molecule has 4 rings (SSSR count). The molecule has 1 aliphatic heterocycles. The van der Waals surface area contributed by atoms with Crippen molar-refractivity contribution in [3.63, 3.8) is 0 Å². The van der Waals surface area contributed by atoms with Crippen molar-refractivity contribution in [1.82, 2.24) is 14.8 Å². The lowest BCUT2D eigenvalue weighted by atomic mass is 9.91. The molecule has 3 N–H and O–H groups in total. The first-order valence-corrected chi connectivity index (χ1v) is 11.3. The van der Waals surface area contributed by atoms with E-state index in [0.717, 1.165) is 33.2 Å². The van der Waals surface area contributed by atoms with Crippen LogP contribution >= 0.6 is 11.8 Å². The zero-order valence-electron chi connectivity index (χ0n) is 17.7. The van der Waals surface area contributed by atoms with E-state index in [1.54, 1.807) is 18.1 Å². The average Bonchev–Trinajstić information content (AvgIpc) is 3.23. The molecule has 2 heterocycles. The predicted octanol–water partition coefficient (Wildman–Crippen LogP) is 3.35. The second-order valence-corrected chi connectivity index (χ2v) is 8.79. The Morgan fingerprint density at radius 1 is 1.03 bits per heavy atom. The molecule has 4 atom stereocenters. The van der Waals surface area contributed by atoms with E-state index < -0.39 is 6.29 Å². The molecule has 7 nitrogen and oxygen atoms in total. The maximum atomic E-state index is 9.37. The lowest BCUT2D eigenvalue weighted by molar-refractivity contribution is -0.268. The summed E-state index contributed by atoms with van der Waals surface area (Å²) in [6.07, 6.45) is 1.04. The zero-order valence-corrected chi connectivity index (χ0v) is 18.5. The molecule has 164 valence electrons. The highest BCUT2D eigenvalue weighted by molar-refractivity contribution is 7.99. The van der Waals surface area contributed by atoms with Crippen LogP contribution in [-0.2, 0) is 29.7 Å². The molecule has 3 aromatic rings. The molecule has 0 saturated carbocycles. The molecule has 0 spiro atoms. The van der Waals surface area contributed by atoms with Gasteiger partial charge in [0, 0.05) is 30.8 Å². The van der Waals surface area contributed by atoms with Gasteiger partial charge in [0.25, 0.3) is 0 Å². The Bertz CT molecular complexity index is 977. The number of benzene rings is 2. The molecular formula is C23H28N4O3S. The summed E-state index contributed by atoms with van der Waals surface area (Å²) in [4.78, 5) is 0. The van der Waals surface area contributed by atoms with Gasteiger partial charge in [-0.15, -0.1) is 10.2 Å². The van der Waals surface area contributed by atoms with Gasteiger partial charge in [-0.25, -0.2) is 0 Å². The smallest absolute Gasteiger partial charge is 0.190 e. The van der Waals surface area contributed by atoms with Gasteiger partial charge in [-0.05, 0) is 16.7 Å². The monoisotopic (exact) mass is 440 g/mol. The van der Waals surface area contributed by atoms with Gasteiger partial charge in [-0.1, -0.05) is 67.2 Å². The highest BCUT2D eigenvalue weighted by Crippen LogP contribution is 2.42. The highest BCUT2D eigenvalue weighted by atomic mass is 32.2. The largest absolute Gasteiger partial charge is 0.392 e. The first kappa shape index (κ1) is 22.0. The van der Waals surface area contributed by atoms with Gasteiger partial charge < -0.3 is 24.9 Å². The fourth-order valence-electron chi connectivity index (χ4n) is 3.68. The van der Waals surface area contributed by atoms with Gasteiger partial charge in [-0.3, -0.25) is 0 Å². The number of aliphatic hydroxyl groups is 1. The fraction of sp³-hybridized carbons (Fsp3) is 0.391. The number of nitrogens with zero attached hydrogens (tertiary/aromatic N) is 3. The second-order valence-electron chi connectivity index (χ2n) is 7.80. The molecule has 31 heavy (non-hydrogen) atoms. The summed E-state index contributed by atoms with van der Waals surface area (Å²) in [5.74, 6) is 0.861. The fourth-order valence-corrected chi connectivity index (χ4v) is 4.73. The number of hydrogen-bond acceptors (Lipinski definition) is 7. The van der Waals surface area contributed by atoms with Crippen molar-refractivity contribution >= 4 is 11.8 Å². The molecule has 1 saturated heterocycles. The van der Waals surface area contributed by atoms with Crippen LogP contribution in [0.15, 0.2) is 60.0 Å². The van der Waals surface area contributed by atoms with Crippen molar-refractivity contribution in [1.29, 1.82) is 0 Å². The maximum absolute atomic E-state index is 9.37. The van der Waals surface area contributed by atoms with Crippen molar-refractivity contribution in [2.45, 2.75) is 43.7 Å². The molecule has 0 amide bonds. The van der Waals surface area contributed by atoms with Crippen molar-refractivity contribution < 1.29 is 14.6 Å². The van der Waals surface area contributed by atoms with Crippen LogP contribution in [-0.4, -0.2) is 31.7 Å². The molecule has 0 bridgehead atoms. The van der Waals surface area contributed by atoms with E-state index >= 15 is 0 Å². The summed E-state index contributed by atoms with van der Waals surface area (Å²) in [5.41, 5.74) is 9.73. The molecule has 1 aromatic heterocycles. The van der Waals surface area contributed by atoms with Crippen LogP contribution in [0.2, 0.25) is 0 Å². The molecule has 0 aliphatic carbocycles. The third kappa shape index (κ3) is 4.99. The molecular weight excluding hydrogens is 412 g/mol. The van der Waals surface area contributed by atoms with Crippen LogP contribution in [0.25, 0.3) is 0 Å². The Labute approximate surface area is 186 Å². The topological polar surface area (TPSA) is 95.4 Å². The van der Waals surface area contributed by atoms with Crippen molar-refractivity contribution in [2.24, 2.45) is 18.7 Å².